The van der Waals surface area contributed by atoms with E-state index in [9.17, 15) is 9.90 Å². The van der Waals surface area contributed by atoms with Crippen molar-refractivity contribution in [2.75, 3.05) is 14.2 Å². The van der Waals surface area contributed by atoms with Crippen molar-refractivity contribution in [3.63, 3.8) is 0 Å². The van der Waals surface area contributed by atoms with Crippen LogP contribution >= 0.6 is 0 Å². The third kappa shape index (κ3) is 2.31. The summed E-state index contributed by atoms with van der Waals surface area (Å²) >= 11 is 0. The van der Waals surface area contributed by atoms with E-state index in [0.717, 1.165) is 0 Å². The van der Waals surface area contributed by atoms with Gasteiger partial charge in [-0.05, 0) is 23.6 Å². The highest BCUT2D eigenvalue weighted by molar-refractivity contribution is 6.19. The van der Waals surface area contributed by atoms with Crippen molar-refractivity contribution >= 4 is 11.5 Å². The molecule has 0 unspecified atom stereocenters. The number of ether oxygens (including phenoxy) is 3. The Hall–Kier alpha value is -2.17. The van der Waals surface area contributed by atoms with E-state index in [1.54, 1.807) is 18.2 Å². The number of aliphatic hydroxyl groups is 1. The van der Waals surface area contributed by atoms with Crippen LogP contribution in [-0.4, -0.2) is 31.4 Å². The Morgan fingerprint density at radius 2 is 1.85 bits per heavy atom. The Morgan fingerprint density at radius 1 is 1.20 bits per heavy atom. The van der Waals surface area contributed by atoms with E-state index < -0.39 is 12.1 Å². The maximum absolute atomic E-state index is 11.9. The number of cyclic esters (lactones) is 1. The molecule has 1 aliphatic rings. The molecule has 0 saturated heterocycles. The standard InChI is InChI=1S/C15H18O5/c1-8(2)14-13(16)12(15(17)20-14)9-5-6-10(18-3)11(7-9)19-4/h5-8,14,16H,1-4H3/t14-/m0/s1. The molecule has 5 heteroatoms. The number of hydrogen-bond acceptors (Lipinski definition) is 5. The van der Waals surface area contributed by atoms with Crippen LogP contribution in [0.2, 0.25) is 0 Å². The summed E-state index contributed by atoms with van der Waals surface area (Å²) in [6.45, 7) is 3.76. The molecule has 0 fully saturated rings. The number of benzene rings is 1. The molecule has 20 heavy (non-hydrogen) atoms. The van der Waals surface area contributed by atoms with Gasteiger partial charge in [0.15, 0.2) is 17.6 Å². The molecule has 1 heterocycles. The Bertz CT molecular complexity index is 559. The third-order valence-corrected chi connectivity index (χ3v) is 3.24. The van der Waals surface area contributed by atoms with Crippen LogP contribution in [0.25, 0.3) is 5.57 Å². The second-order valence-electron chi connectivity index (χ2n) is 4.90. The van der Waals surface area contributed by atoms with Crippen molar-refractivity contribution in [1.82, 2.24) is 0 Å². The predicted octanol–water partition coefficient (Wildman–Crippen LogP) is 2.55. The minimum absolute atomic E-state index is 0.0107. The minimum atomic E-state index is -0.592. The lowest BCUT2D eigenvalue weighted by molar-refractivity contribution is -0.140. The number of carbonyl (C=O) groups is 1. The van der Waals surface area contributed by atoms with Crippen molar-refractivity contribution in [3.8, 4) is 11.5 Å². The average molecular weight is 278 g/mol. The van der Waals surface area contributed by atoms with E-state index in [1.165, 1.54) is 14.2 Å². The molecule has 2 rings (SSSR count). The Labute approximate surface area is 117 Å². The van der Waals surface area contributed by atoms with Gasteiger partial charge in [-0.2, -0.15) is 0 Å². The molecule has 0 aromatic heterocycles. The number of carbonyl (C=O) groups excluding carboxylic acids is 1. The van der Waals surface area contributed by atoms with Gasteiger partial charge in [-0.15, -0.1) is 0 Å². The second-order valence-corrected chi connectivity index (χ2v) is 4.90. The molecule has 0 spiro atoms. The van der Waals surface area contributed by atoms with E-state index >= 15 is 0 Å². The van der Waals surface area contributed by atoms with Gasteiger partial charge in [0.1, 0.15) is 11.3 Å². The molecule has 108 valence electrons. The largest absolute Gasteiger partial charge is 0.507 e. The first-order chi connectivity index (χ1) is 9.49. The van der Waals surface area contributed by atoms with Gasteiger partial charge in [-0.3, -0.25) is 0 Å². The smallest absolute Gasteiger partial charge is 0.343 e. The highest BCUT2D eigenvalue weighted by atomic mass is 16.6. The summed E-state index contributed by atoms with van der Waals surface area (Å²) in [6.07, 6.45) is -0.592. The maximum Gasteiger partial charge on any atom is 0.343 e. The first-order valence-corrected chi connectivity index (χ1v) is 6.36. The number of rotatable bonds is 4. The van der Waals surface area contributed by atoms with Crippen LogP contribution in [0, 0.1) is 5.92 Å². The van der Waals surface area contributed by atoms with Gasteiger partial charge in [-0.25, -0.2) is 4.79 Å². The van der Waals surface area contributed by atoms with Gasteiger partial charge in [-0.1, -0.05) is 19.9 Å². The van der Waals surface area contributed by atoms with Crippen LogP contribution in [0.15, 0.2) is 24.0 Å². The number of methoxy groups -OCH3 is 2. The maximum atomic E-state index is 11.9. The topological polar surface area (TPSA) is 65.0 Å². The van der Waals surface area contributed by atoms with Gasteiger partial charge < -0.3 is 19.3 Å². The second kappa shape index (κ2) is 5.45. The van der Waals surface area contributed by atoms with Crippen LogP contribution in [0.4, 0.5) is 0 Å². The van der Waals surface area contributed by atoms with E-state index in [-0.39, 0.29) is 17.3 Å². The quantitative estimate of drug-likeness (QED) is 0.857. The molecule has 0 amide bonds. The molecule has 0 bridgehead atoms. The van der Waals surface area contributed by atoms with Gasteiger partial charge in [0.25, 0.3) is 0 Å². The summed E-state index contributed by atoms with van der Waals surface area (Å²) in [5.41, 5.74) is 0.734. The molecular weight excluding hydrogens is 260 g/mol. The van der Waals surface area contributed by atoms with Crippen LogP contribution in [0.5, 0.6) is 11.5 Å². The zero-order valence-electron chi connectivity index (χ0n) is 12.0. The normalized spacial score (nSPS) is 18.4. The third-order valence-electron chi connectivity index (χ3n) is 3.24. The van der Waals surface area contributed by atoms with E-state index in [4.69, 9.17) is 14.2 Å². The molecule has 1 aromatic rings. The van der Waals surface area contributed by atoms with Crippen LogP contribution in [0.1, 0.15) is 19.4 Å². The van der Waals surface area contributed by atoms with Crippen molar-refractivity contribution < 1.29 is 24.1 Å². The molecule has 1 N–H and O–H groups in total. The Kier molecular flexibility index (Phi) is 3.88. The number of hydrogen-bond donors (Lipinski definition) is 1. The fraction of sp³-hybridized carbons (Fsp3) is 0.400. The van der Waals surface area contributed by atoms with Crippen LogP contribution < -0.4 is 9.47 Å². The lowest BCUT2D eigenvalue weighted by Gasteiger charge is -2.13. The monoisotopic (exact) mass is 278 g/mol. The fourth-order valence-corrected chi connectivity index (χ4v) is 2.19. The van der Waals surface area contributed by atoms with Crippen molar-refractivity contribution in [3.05, 3.63) is 29.5 Å². The molecule has 1 atom stereocenters. The van der Waals surface area contributed by atoms with Crippen molar-refractivity contribution in [2.24, 2.45) is 5.92 Å². The average Bonchev–Trinajstić information content (AvgIpc) is 2.73. The van der Waals surface area contributed by atoms with Gasteiger partial charge in [0, 0.05) is 0 Å². The summed E-state index contributed by atoms with van der Waals surface area (Å²) in [5, 5.41) is 10.2. The summed E-state index contributed by atoms with van der Waals surface area (Å²) in [7, 11) is 3.05. The summed E-state index contributed by atoms with van der Waals surface area (Å²) in [4.78, 5) is 11.9. The van der Waals surface area contributed by atoms with Gasteiger partial charge in [0.2, 0.25) is 0 Å². The molecule has 0 aliphatic carbocycles. The zero-order chi connectivity index (χ0) is 14.9. The van der Waals surface area contributed by atoms with E-state index in [2.05, 4.69) is 0 Å². The van der Waals surface area contributed by atoms with Crippen molar-refractivity contribution in [2.45, 2.75) is 20.0 Å². The Morgan fingerprint density at radius 3 is 2.35 bits per heavy atom. The minimum Gasteiger partial charge on any atom is -0.507 e. The zero-order valence-corrected chi connectivity index (χ0v) is 12.0. The first-order valence-electron chi connectivity index (χ1n) is 6.36. The predicted molar refractivity (Wildman–Crippen MR) is 73.8 cm³/mol. The molecule has 0 radical (unpaired) electrons. The first kappa shape index (κ1) is 14.2. The lowest BCUT2D eigenvalue weighted by Crippen LogP contribution is -2.18. The molecule has 0 saturated carbocycles. The van der Waals surface area contributed by atoms with Gasteiger partial charge >= 0.3 is 5.97 Å². The molecule has 1 aromatic carbocycles. The highest BCUT2D eigenvalue weighted by Gasteiger charge is 2.37. The van der Waals surface area contributed by atoms with E-state index in [0.29, 0.717) is 17.1 Å². The fourth-order valence-electron chi connectivity index (χ4n) is 2.19. The SMILES string of the molecule is COc1ccc(C2=C(O)[C@H](C(C)C)OC2=O)cc1OC. The van der Waals surface area contributed by atoms with Crippen LogP contribution in [0.3, 0.4) is 0 Å². The summed E-state index contributed by atoms with van der Waals surface area (Å²) in [6, 6.07) is 5.02. The molecule has 5 nitrogen and oxygen atoms in total. The van der Waals surface area contributed by atoms with Gasteiger partial charge in [0.05, 0.1) is 14.2 Å². The number of esters is 1. The Balaban J connectivity index is 2.48. The summed E-state index contributed by atoms with van der Waals surface area (Å²) < 4.78 is 15.5. The molecule has 1 aliphatic heterocycles. The number of aliphatic hydroxyl groups excluding tert-OH is 1. The van der Waals surface area contributed by atoms with Crippen LogP contribution in [-0.2, 0) is 9.53 Å². The highest BCUT2D eigenvalue weighted by Crippen LogP contribution is 2.36. The van der Waals surface area contributed by atoms with Crippen molar-refractivity contribution in [1.29, 1.82) is 0 Å². The lowest BCUT2D eigenvalue weighted by atomic mass is 10.00. The molecular formula is C15H18O5. The van der Waals surface area contributed by atoms with E-state index in [1.807, 2.05) is 13.8 Å². The summed E-state index contributed by atoms with van der Waals surface area (Å²) in [5.74, 6) is 0.511.